The van der Waals surface area contributed by atoms with Gasteiger partial charge in [0.25, 0.3) is 0 Å². The third-order valence-electron chi connectivity index (χ3n) is 1.88. The van der Waals surface area contributed by atoms with E-state index in [1.165, 1.54) is 11.8 Å². The molecule has 0 aliphatic carbocycles. The van der Waals surface area contributed by atoms with Crippen LogP contribution in [0.4, 0.5) is 4.79 Å². The van der Waals surface area contributed by atoms with Crippen LogP contribution in [-0.2, 0) is 19.4 Å². The Labute approximate surface area is 97.8 Å². The van der Waals surface area contributed by atoms with E-state index in [1.807, 2.05) is 0 Å². The Morgan fingerprint density at radius 1 is 1.44 bits per heavy atom. The lowest BCUT2D eigenvalue weighted by atomic mass is 10.2. The van der Waals surface area contributed by atoms with E-state index in [0.29, 0.717) is 5.75 Å². The lowest BCUT2D eigenvalue weighted by Gasteiger charge is -2.23. The molecule has 0 saturated carbocycles. The van der Waals surface area contributed by atoms with E-state index in [9.17, 15) is 18.0 Å². The van der Waals surface area contributed by atoms with Crippen LogP contribution in [0.5, 0.6) is 0 Å². The number of rotatable bonds is 5. The zero-order valence-electron chi connectivity index (χ0n) is 8.93. The van der Waals surface area contributed by atoms with Crippen molar-refractivity contribution in [2.24, 2.45) is 11.5 Å². The SMILES string of the molecule is CSCC[C@](N)(C(=O)OC(N)=O)S(C)(=O)=O. The molecule has 0 aromatic heterocycles. The highest BCUT2D eigenvalue weighted by Gasteiger charge is 2.46. The molecule has 0 fully saturated rings. The predicted molar refractivity (Wildman–Crippen MR) is 60.4 cm³/mol. The van der Waals surface area contributed by atoms with E-state index in [1.54, 1.807) is 6.26 Å². The molecule has 16 heavy (non-hydrogen) atoms. The molecule has 0 bridgehead atoms. The van der Waals surface area contributed by atoms with Crippen LogP contribution in [-0.4, -0.2) is 43.6 Å². The van der Waals surface area contributed by atoms with Gasteiger partial charge in [0.15, 0.2) is 9.84 Å². The Morgan fingerprint density at radius 2 is 1.94 bits per heavy atom. The summed E-state index contributed by atoms with van der Waals surface area (Å²) in [6.07, 6.45) is 0.990. The van der Waals surface area contributed by atoms with Crippen LogP contribution in [0.3, 0.4) is 0 Å². The van der Waals surface area contributed by atoms with Gasteiger partial charge in [-0.3, -0.25) is 0 Å². The van der Waals surface area contributed by atoms with Gasteiger partial charge in [-0.15, -0.1) is 0 Å². The number of esters is 1. The van der Waals surface area contributed by atoms with Crippen LogP contribution in [0.2, 0.25) is 0 Å². The minimum absolute atomic E-state index is 0.154. The van der Waals surface area contributed by atoms with Crippen LogP contribution < -0.4 is 11.5 Å². The highest BCUT2D eigenvalue weighted by molar-refractivity contribution is 7.98. The molecule has 7 nitrogen and oxygen atoms in total. The van der Waals surface area contributed by atoms with E-state index in [4.69, 9.17) is 5.73 Å². The molecule has 0 aliphatic rings. The van der Waals surface area contributed by atoms with E-state index in [-0.39, 0.29) is 6.42 Å². The number of ether oxygens (including phenoxy) is 1. The average Bonchev–Trinajstić information content (AvgIpc) is 2.10. The molecule has 0 rings (SSSR count). The molecule has 1 atom stereocenters. The third kappa shape index (κ3) is 3.65. The zero-order chi connectivity index (χ0) is 13.0. The van der Waals surface area contributed by atoms with Gasteiger partial charge in [-0.1, -0.05) is 0 Å². The molecule has 0 saturated heterocycles. The van der Waals surface area contributed by atoms with Gasteiger partial charge in [-0.25, -0.2) is 18.0 Å². The normalized spacial score (nSPS) is 15.2. The monoisotopic (exact) mass is 270 g/mol. The zero-order valence-corrected chi connectivity index (χ0v) is 10.6. The summed E-state index contributed by atoms with van der Waals surface area (Å²) in [5, 5.41) is 0. The molecule has 0 unspecified atom stereocenters. The minimum Gasteiger partial charge on any atom is -0.374 e. The van der Waals surface area contributed by atoms with Gasteiger partial charge in [-0.2, -0.15) is 11.8 Å². The fourth-order valence-corrected chi connectivity index (χ4v) is 2.34. The van der Waals surface area contributed by atoms with Crippen molar-refractivity contribution in [3.05, 3.63) is 0 Å². The van der Waals surface area contributed by atoms with Gasteiger partial charge in [-0.05, 0) is 18.4 Å². The first-order valence-corrected chi connectivity index (χ1v) is 7.43. The Hall–Kier alpha value is -0.800. The van der Waals surface area contributed by atoms with Gasteiger partial charge in [0.2, 0.25) is 4.87 Å². The molecule has 9 heteroatoms. The van der Waals surface area contributed by atoms with E-state index in [2.05, 4.69) is 10.5 Å². The summed E-state index contributed by atoms with van der Waals surface area (Å²) in [6, 6.07) is 0. The number of amides is 1. The minimum atomic E-state index is -3.90. The summed E-state index contributed by atoms with van der Waals surface area (Å²) in [4.78, 5) is 19.5. The smallest absolute Gasteiger partial charge is 0.374 e. The van der Waals surface area contributed by atoms with Crippen LogP contribution >= 0.6 is 11.8 Å². The van der Waals surface area contributed by atoms with Crippen LogP contribution in [0.1, 0.15) is 6.42 Å². The first kappa shape index (κ1) is 15.2. The number of hydrogen-bond acceptors (Lipinski definition) is 7. The second-order valence-corrected chi connectivity index (χ2v) is 6.37. The van der Waals surface area contributed by atoms with E-state index < -0.39 is 26.8 Å². The maximum Gasteiger partial charge on any atom is 0.412 e. The first-order valence-electron chi connectivity index (χ1n) is 4.14. The quantitative estimate of drug-likeness (QED) is 0.487. The summed E-state index contributed by atoms with van der Waals surface area (Å²) in [5.74, 6) is -1.02. The van der Waals surface area contributed by atoms with Crippen molar-refractivity contribution in [3.63, 3.8) is 0 Å². The first-order chi connectivity index (χ1) is 7.15. The third-order valence-corrected chi connectivity index (χ3v) is 4.18. The fraction of sp³-hybridized carbons (Fsp3) is 0.714. The van der Waals surface area contributed by atoms with Gasteiger partial charge >= 0.3 is 12.1 Å². The fourth-order valence-electron chi connectivity index (χ4n) is 0.870. The van der Waals surface area contributed by atoms with E-state index in [0.717, 1.165) is 6.26 Å². The average molecular weight is 270 g/mol. The molecule has 0 aliphatic heterocycles. The van der Waals surface area contributed by atoms with Crippen molar-refractivity contribution in [2.75, 3.05) is 18.3 Å². The van der Waals surface area contributed by atoms with Crippen molar-refractivity contribution in [1.29, 1.82) is 0 Å². The topological polar surface area (TPSA) is 130 Å². The van der Waals surface area contributed by atoms with Gasteiger partial charge in [0.1, 0.15) is 0 Å². The number of thioether (sulfide) groups is 1. The van der Waals surface area contributed by atoms with Crippen LogP contribution in [0.25, 0.3) is 0 Å². The number of carbonyl (C=O) groups excluding carboxylic acids is 2. The standard InChI is InChI=1S/C7H14N2O5S2/c1-15-4-3-7(9,16(2,12)13)5(10)14-6(8)11/h3-4,9H2,1-2H3,(H2,8,11)/t7-/m1/s1. The molecular formula is C7H14N2O5S2. The summed E-state index contributed by atoms with van der Waals surface area (Å²) >= 11 is 1.31. The lowest BCUT2D eigenvalue weighted by molar-refractivity contribution is -0.140. The molecular weight excluding hydrogens is 256 g/mol. The predicted octanol–water partition coefficient (Wildman–Crippen LogP) is -0.939. The van der Waals surface area contributed by atoms with Crippen molar-refractivity contribution < 1.29 is 22.7 Å². The largest absolute Gasteiger partial charge is 0.412 e. The lowest BCUT2D eigenvalue weighted by Crippen LogP contribution is -2.56. The molecule has 4 N–H and O–H groups in total. The molecule has 0 heterocycles. The second-order valence-electron chi connectivity index (χ2n) is 3.11. The van der Waals surface area contributed by atoms with Gasteiger partial charge in [0.05, 0.1) is 0 Å². The second kappa shape index (κ2) is 5.51. The molecule has 0 radical (unpaired) electrons. The maximum atomic E-state index is 11.4. The van der Waals surface area contributed by atoms with Crippen LogP contribution in [0, 0.1) is 0 Å². The molecule has 1 amide bonds. The molecule has 94 valence electrons. The molecule has 0 aromatic carbocycles. The van der Waals surface area contributed by atoms with Gasteiger partial charge in [0, 0.05) is 6.26 Å². The number of primary amides is 1. The Morgan fingerprint density at radius 3 is 2.25 bits per heavy atom. The Kier molecular flexibility index (Phi) is 5.23. The molecule has 0 aromatic rings. The number of carbonyl (C=O) groups is 2. The summed E-state index contributed by atoms with van der Waals surface area (Å²) in [6.45, 7) is 0. The van der Waals surface area contributed by atoms with Crippen molar-refractivity contribution in [2.45, 2.75) is 11.3 Å². The summed E-state index contributed by atoms with van der Waals surface area (Å²) in [5.41, 5.74) is 10.1. The van der Waals surface area contributed by atoms with E-state index >= 15 is 0 Å². The Bertz CT molecular complexity index is 380. The maximum absolute atomic E-state index is 11.4. The number of hydrogen-bond donors (Lipinski definition) is 2. The summed E-state index contributed by atoms with van der Waals surface area (Å²) < 4.78 is 26.8. The highest BCUT2D eigenvalue weighted by Crippen LogP contribution is 2.19. The summed E-state index contributed by atoms with van der Waals surface area (Å²) in [7, 11) is -3.90. The highest BCUT2D eigenvalue weighted by atomic mass is 32.2. The van der Waals surface area contributed by atoms with Crippen molar-refractivity contribution in [1.82, 2.24) is 0 Å². The molecule has 0 spiro atoms. The van der Waals surface area contributed by atoms with Crippen molar-refractivity contribution in [3.8, 4) is 0 Å². The van der Waals surface area contributed by atoms with Gasteiger partial charge < -0.3 is 16.2 Å². The van der Waals surface area contributed by atoms with Crippen LogP contribution in [0.15, 0.2) is 0 Å². The Balaban J connectivity index is 5.08. The number of nitrogens with two attached hydrogens (primary N) is 2. The van der Waals surface area contributed by atoms with Crippen molar-refractivity contribution >= 4 is 33.7 Å². The number of sulfone groups is 1.